The summed E-state index contributed by atoms with van der Waals surface area (Å²) in [5.74, 6) is 0.909. The summed E-state index contributed by atoms with van der Waals surface area (Å²) >= 11 is 0. The predicted octanol–water partition coefficient (Wildman–Crippen LogP) is 0.589. The van der Waals surface area contributed by atoms with Gasteiger partial charge in [0, 0.05) is 25.9 Å². The number of pyridine rings is 1. The lowest BCUT2D eigenvalue weighted by Gasteiger charge is -2.38. The highest BCUT2D eigenvalue weighted by atomic mass is 16.7. The van der Waals surface area contributed by atoms with E-state index in [0.29, 0.717) is 24.7 Å². The highest BCUT2D eigenvalue weighted by molar-refractivity contribution is 5.62. The van der Waals surface area contributed by atoms with Crippen molar-refractivity contribution in [3.05, 3.63) is 12.1 Å². The second kappa shape index (κ2) is 4.29. The summed E-state index contributed by atoms with van der Waals surface area (Å²) in [7, 11) is 0. The van der Waals surface area contributed by atoms with Crippen molar-refractivity contribution in [2.75, 3.05) is 42.7 Å². The maximum atomic E-state index is 5.73. The van der Waals surface area contributed by atoms with Gasteiger partial charge in [0.25, 0.3) is 0 Å². The first-order valence-electron chi connectivity index (χ1n) is 6.23. The van der Waals surface area contributed by atoms with E-state index in [0.717, 1.165) is 31.7 Å². The van der Waals surface area contributed by atoms with Gasteiger partial charge in [-0.3, -0.25) is 0 Å². The normalized spacial score (nSPS) is 22.6. The lowest BCUT2D eigenvalue weighted by molar-refractivity contribution is -0.169. The lowest BCUT2D eigenvalue weighted by atomic mass is 10.0. The van der Waals surface area contributed by atoms with Crippen LogP contribution in [0.15, 0.2) is 12.1 Å². The van der Waals surface area contributed by atoms with Gasteiger partial charge in [-0.1, -0.05) is 0 Å². The zero-order chi connectivity index (χ0) is 12.6. The largest absolute Gasteiger partial charge is 0.396 e. The highest BCUT2D eigenvalue weighted by Crippen LogP contribution is 2.33. The number of ether oxygens (including phenoxy) is 2. The Morgan fingerprint density at radius 3 is 2.39 bits per heavy atom. The van der Waals surface area contributed by atoms with Gasteiger partial charge in [-0.05, 0) is 12.1 Å². The van der Waals surface area contributed by atoms with Crippen molar-refractivity contribution < 1.29 is 9.47 Å². The first-order valence-corrected chi connectivity index (χ1v) is 6.23. The topological polar surface area (TPSA) is 86.6 Å². The van der Waals surface area contributed by atoms with E-state index < -0.39 is 0 Å². The maximum Gasteiger partial charge on any atom is 0.171 e. The lowest BCUT2D eigenvalue weighted by Crippen LogP contribution is -2.45. The van der Waals surface area contributed by atoms with Crippen LogP contribution in [-0.2, 0) is 9.47 Å². The average Bonchev–Trinajstić information content (AvgIpc) is 2.82. The molecule has 2 aliphatic heterocycles. The van der Waals surface area contributed by atoms with E-state index in [2.05, 4.69) is 9.88 Å². The maximum absolute atomic E-state index is 5.73. The molecule has 18 heavy (non-hydrogen) atoms. The molecule has 0 bridgehead atoms. The predicted molar refractivity (Wildman–Crippen MR) is 69.1 cm³/mol. The molecule has 3 rings (SSSR count). The van der Waals surface area contributed by atoms with Gasteiger partial charge in [-0.25, -0.2) is 4.98 Å². The van der Waals surface area contributed by atoms with Crippen molar-refractivity contribution in [2.24, 2.45) is 0 Å². The monoisotopic (exact) mass is 250 g/mol. The van der Waals surface area contributed by atoms with Crippen molar-refractivity contribution in [2.45, 2.75) is 18.6 Å². The first-order chi connectivity index (χ1) is 8.69. The molecule has 0 aromatic carbocycles. The number of hydrogen-bond acceptors (Lipinski definition) is 6. The summed E-state index contributed by atoms with van der Waals surface area (Å²) in [6, 6.07) is 3.70. The molecule has 0 saturated carbocycles. The quantitative estimate of drug-likeness (QED) is 0.758. The molecular formula is C12H18N4O2. The molecule has 1 spiro atoms. The summed E-state index contributed by atoms with van der Waals surface area (Å²) in [6.07, 6.45) is 1.72. The number of anilines is 3. The Bertz CT molecular complexity index is 436. The minimum atomic E-state index is -0.351. The van der Waals surface area contributed by atoms with E-state index >= 15 is 0 Å². The van der Waals surface area contributed by atoms with Gasteiger partial charge in [0.05, 0.1) is 18.9 Å². The van der Waals surface area contributed by atoms with Crippen molar-refractivity contribution in [3.8, 4) is 0 Å². The number of aromatic nitrogens is 1. The molecule has 0 aliphatic carbocycles. The fourth-order valence-electron chi connectivity index (χ4n) is 2.51. The summed E-state index contributed by atoms with van der Waals surface area (Å²) in [5.41, 5.74) is 11.9. The molecule has 98 valence electrons. The highest BCUT2D eigenvalue weighted by Gasteiger charge is 2.39. The molecule has 1 aromatic heterocycles. The van der Waals surface area contributed by atoms with Crippen LogP contribution in [0.5, 0.6) is 0 Å². The summed E-state index contributed by atoms with van der Waals surface area (Å²) in [5, 5.41) is 0. The van der Waals surface area contributed by atoms with Crippen LogP contribution in [0.2, 0.25) is 0 Å². The molecule has 0 unspecified atom stereocenters. The molecule has 0 radical (unpaired) electrons. The minimum absolute atomic E-state index is 0.351. The molecule has 6 nitrogen and oxygen atoms in total. The standard InChI is InChI=1S/C12H18N4O2/c13-9-1-2-10(15-11(9)14)16-5-3-12(4-6-16)17-7-8-18-12/h1-2H,3-8,13H2,(H2,14,15). The Labute approximate surface area is 106 Å². The molecule has 2 saturated heterocycles. The van der Waals surface area contributed by atoms with Gasteiger partial charge in [0.1, 0.15) is 11.6 Å². The van der Waals surface area contributed by atoms with Crippen LogP contribution in [0.4, 0.5) is 17.3 Å². The third kappa shape index (κ3) is 1.97. The fourth-order valence-corrected chi connectivity index (χ4v) is 2.51. The summed E-state index contributed by atoms with van der Waals surface area (Å²) < 4.78 is 11.4. The Morgan fingerprint density at radius 1 is 1.11 bits per heavy atom. The van der Waals surface area contributed by atoms with Crippen LogP contribution in [0.1, 0.15) is 12.8 Å². The fraction of sp³-hybridized carbons (Fsp3) is 0.583. The molecule has 0 atom stereocenters. The van der Waals surface area contributed by atoms with E-state index in [1.165, 1.54) is 0 Å². The van der Waals surface area contributed by atoms with Gasteiger partial charge in [0.2, 0.25) is 0 Å². The average molecular weight is 250 g/mol. The van der Waals surface area contributed by atoms with Crippen molar-refractivity contribution in [1.82, 2.24) is 4.98 Å². The minimum Gasteiger partial charge on any atom is -0.396 e. The number of piperidine rings is 1. The van der Waals surface area contributed by atoms with Gasteiger partial charge >= 0.3 is 0 Å². The number of nitrogen functional groups attached to an aromatic ring is 2. The second-order valence-corrected chi connectivity index (χ2v) is 4.74. The molecular weight excluding hydrogens is 232 g/mol. The van der Waals surface area contributed by atoms with E-state index in [-0.39, 0.29) is 5.79 Å². The van der Waals surface area contributed by atoms with E-state index in [9.17, 15) is 0 Å². The third-order valence-electron chi connectivity index (χ3n) is 3.61. The van der Waals surface area contributed by atoms with Crippen LogP contribution in [0.25, 0.3) is 0 Å². The second-order valence-electron chi connectivity index (χ2n) is 4.74. The molecule has 4 N–H and O–H groups in total. The van der Waals surface area contributed by atoms with E-state index in [4.69, 9.17) is 20.9 Å². The number of nitrogens with zero attached hydrogens (tertiary/aromatic N) is 2. The number of nitrogens with two attached hydrogens (primary N) is 2. The SMILES string of the molecule is Nc1ccc(N2CCC3(CC2)OCCO3)nc1N. The van der Waals surface area contributed by atoms with Gasteiger partial charge in [-0.2, -0.15) is 0 Å². The summed E-state index contributed by atoms with van der Waals surface area (Å²) in [6.45, 7) is 3.12. The molecule has 3 heterocycles. The Balaban J connectivity index is 1.70. The van der Waals surface area contributed by atoms with Crippen LogP contribution in [-0.4, -0.2) is 37.1 Å². The van der Waals surface area contributed by atoms with E-state index in [1.807, 2.05) is 6.07 Å². The molecule has 2 fully saturated rings. The smallest absolute Gasteiger partial charge is 0.171 e. The van der Waals surface area contributed by atoms with Crippen molar-refractivity contribution >= 4 is 17.3 Å². The first kappa shape index (κ1) is 11.6. The van der Waals surface area contributed by atoms with Crippen LogP contribution in [0.3, 0.4) is 0 Å². The van der Waals surface area contributed by atoms with Gasteiger partial charge in [-0.15, -0.1) is 0 Å². The Hall–Kier alpha value is -1.53. The molecule has 6 heteroatoms. The van der Waals surface area contributed by atoms with Gasteiger partial charge in [0.15, 0.2) is 5.79 Å². The molecule has 0 amide bonds. The van der Waals surface area contributed by atoms with Crippen LogP contribution >= 0.6 is 0 Å². The third-order valence-corrected chi connectivity index (χ3v) is 3.61. The number of hydrogen-bond donors (Lipinski definition) is 2. The molecule has 2 aliphatic rings. The summed E-state index contributed by atoms with van der Waals surface area (Å²) in [4.78, 5) is 6.50. The Kier molecular flexibility index (Phi) is 2.76. The zero-order valence-electron chi connectivity index (χ0n) is 10.3. The van der Waals surface area contributed by atoms with Crippen molar-refractivity contribution in [3.63, 3.8) is 0 Å². The zero-order valence-corrected chi connectivity index (χ0v) is 10.3. The molecule has 1 aromatic rings. The van der Waals surface area contributed by atoms with E-state index in [1.54, 1.807) is 6.07 Å². The Morgan fingerprint density at radius 2 is 1.78 bits per heavy atom. The van der Waals surface area contributed by atoms with Crippen molar-refractivity contribution in [1.29, 1.82) is 0 Å². The number of rotatable bonds is 1. The van der Waals surface area contributed by atoms with Crippen LogP contribution < -0.4 is 16.4 Å². The van der Waals surface area contributed by atoms with Gasteiger partial charge < -0.3 is 25.8 Å². The van der Waals surface area contributed by atoms with Crippen LogP contribution in [0, 0.1) is 0 Å².